The fraction of sp³-hybridized carbons (Fsp3) is 0.778. The van der Waals surface area contributed by atoms with Crippen molar-refractivity contribution in [3.05, 3.63) is 0 Å². The smallest absolute Gasteiger partial charge is 0.303 e. The number of primary amides is 1. The Kier molecular flexibility index (Phi) is 5.87. The van der Waals surface area contributed by atoms with E-state index in [1.165, 1.54) is 0 Å². The summed E-state index contributed by atoms with van der Waals surface area (Å²) in [6, 6.07) is -0.373. The molecule has 0 fully saturated rings. The van der Waals surface area contributed by atoms with E-state index in [0.29, 0.717) is 12.8 Å². The van der Waals surface area contributed by atoms with E-state index >= 15 is 0 Å². The van der Waals surface area contributed by atoms with Gasteiger partial charge in [0, 0.05) is 12.5 Å². The summed E-state index contributed by atoms with van der Waals surface area (Å²) in [5, 5.41) is 11.4. The minimum atomic E-state index is -0.828. The molecule has 0 saturated heterocycles. The van der Waals surface area contributed by atoms with Gasteiger partial charge in [-0.15, -0.1) is 0 Å². The molecule has 2 atom stereocenters. The van der Waals surface area contributed by atoms with Gasteiger partial charge in [0.25, 0.3) is 0 Å². The molecule has 0 aliphatic carbocycles. The largest absolute Gasteiger partial charge is 0.481 e. The van der Waals surface area contributed by atoms with Gasteiger partial charge >= 0.3 is 5.97 Å². The van der Waals surface area contributed by atoms with Crippen molar-refractivity contribution in [1.29, 1.82) is 0 Å². The van der Waals surface area contributed by atoms with Gasteiger partial charge in [-0.2, -0.15) is 0 Å². The van der Waals surface area contributed by atoms with E-state index < -0.39 is 11.9 Å². The molecule has 1 amide bonds. The minimum absolute atomic E-state index is 0.0106. The first-order valence-electron chi connectivity index (χ1n) is 4.74. The first kappa shape index (κ1) is 12.9. The molecular formula is C9H18N2O3. The van der Waals surface area contributed by atoms with Crippen LogP contribution in [-0.4, -0.2) is 29.1 Å². The Bertz CT molecular complexity index is 206. The molecule has 14 heavy (non-hydrogen) atoms. The van der Waals surface area contributed by atoms with Crippen LogP contribution in [0.25, 0.3) is 0 Å². The van der Waals surface area contributed by atoms with Gasteiger partial charge in [-0.3, -0.25) is 9.59 Å². The Labute approximate surface area is 83.7 Å². The lowest BCUT2D eigenvalue weighted by atomic mass is 10.1. The summed E-state index contributed by atoms with van der Waals surface area (Å²) >= 11 is 0. The summed E-state index contributed by atoms with van der Waals surface area (Å²) in [7, 11) is 0. The zero-order valence-corrected chi connectivity index (χ0v) is 8.62. The Morgan fingerprint density at radius 1 is 1.50 bits per heavy atom. The second-order valence-corrected chi connectivity index (χ2v) is 3.36. The Morgan fingerprint density at radius 2 is 2.07 bits per heavy atom. The van der Waals surface area contributed by atoms with Crippen LogP contribution in [0, 0.1) is 0 Å². The van der Waals surface area contributed by atoms with E-state index in [9.17, 15) is 9.59 Å². The number of carboxylic acids is 1. The number of nitrogens with two attached hydrogens (primary N) is 1. The molecule has 4 N–H and O–H groups in total. The molecule has 0 aliphatic heterocycles. The second-order valence-electron chi connectivity index (χ2n) is 3.36. The topological polar surface area (TPSA) is 92.4 Å². The first-order valence-corrected chi connectivity index (χ1v) is 4.74. The lowest BCUT2D eigenvalue weighted by molar-refractivity contribution is -0.137. The highest BCUT2D eigenvalue weighted by Gasteiger charge is 2.15. The van der Waals surface area contributed by atoms with Crippen LogP contribution in [0.5, 0.6) is 0 Å². The monoisotopic (exact) mass is 202 g/mol. The van der Waals surface area contributed by atoms with Crippen molar-refractivity contribution >= 4 is 11.9 Å². The number of carboxylic acid groups (broad SMARTS) is 1. The van der Waals surface area contributed by atoms with Gasteiger partial charge in [0.2, 0.25) is 5.91 Å². The third-order valence-corrected chi connectivity index (χ3v) is 2.03. The van der Waals surface area contributed by atoms with Crippen molar-refractivity contribution in [1.82, 2.24) is 5.32 Å². The molecule has 0 saturated carbocycles. The molecule has 0 spiro atoms. The van der Waals surface area contributed by atoms with Crippen molar-refractivity contribution < 1.29 is 14.7 Å². The van der Waals surface area contributed by atoms with Crippen LogP contribution in [0.15, 0.2) is 0 Å². The van der Waals surface area contributed by atoms with Crippen molar-refractivity contribution in [3.8, 4) is 0 Å². The van der Waals surface area contributed by atoms with Crippen LogP contribution in [0.3, 0.4) is 0 Å². The van der Waals surface area contributed by atoms with E-state index in [-0.39, 0.29) is 18.5 Å². The van der Waals surface area contributed by atoms with E-state index in [4.69, 9.17) is 10.8 Å². The van der Waals surface area contributed by atoms with Crippen molar-refractivity contribution in [3.63, 3.8) is 0 Å². The van der Waals surface area contributed by atoms with Gasteiger partial charge in [0.15, 0.2) is 0 Å². The molecule has 82 valence electrons. The summed E-state index contributed by atoms with van der Waals surface area (Å²) in [5.74, 6) is -1.22. The van der Waals surface area contributed by atoms with Crippen LogP contribution < -0.4 is 11.1 Å². The fourth-order valence-corrected chi connectivity index (χ4v) is 1.17. The predicted molar refractivity (Wildman–Crippen MR) is 52.7 cm³/mol. The number of aliphatic carboxylic acids is 1. The Hall–Kier alpha value is -1.10. The van der Waals surface area contributed by atoms with Gasteiger partial charge < -0.3 is 16.2 Å². The lowest BCUT2D eigenvalue weighted by Crippen LogP contribution is -2.45. The third-order valence-electron chi connectivity index (χ3n) is 2.03. The van der Waals surface area contributed by atoms with Crippen LogP contribution >= 0.6 is 0 Å². The highest BCUT2D eigenvalue weighted by Crippen LogP contribution is 1.99. The van der Waals surface area contributed by atoms with Crippen LogP contribution in [0.1, 0.15) is 33.1 Å². The molecule has 0 rings (SSSR count). The predicted octanol–water partition coefficient (Wildman–Crippen LogP) is 0.0932. The summed E-state index contributed by atoms with van der Waals surface area (Å²) < 4.78 is 0. The number of amides is 1. The fourth-order valence-electron chi connectivity index (χ4n) is 1.17. The van der Waals surface area contributed by atoms with Crippen molar-refractivity contribution in [2.45, 2.75) is 45.2 Å². The zero-order chi connectivity index (χ0) is 11.1. The average molecular weight is 202 g/mol. The van der Waals surface area contributed by atoms with Gasteiger partial charge in [-0.05, 0) is 19.8 Å². The number of carbonyl (C=O) groups is 2. The SMILES string of the molecule is CCC(NC(C)CCC(=O)O)C(N)=O. The molecule has 5 nitrogen and oxygen atoms in total. The molecule has 2 unspecified atom stereocenters. The number of hydrogen-bond donors (Lipinski definition) is 3. The maximum Gasteiger partial charge on any atom is 0.303 e. The molecular weight excluding hydrogens is 184 g/mol. The molecule has 0 radical (unpaired) electrons. The maximum absolute atomic E-state index is 10.8. The highest BCUT2D eigenvalue weighted by molar-refractivity contribution is 5.79. The van der Waals surface area contributed by atoms with E-state index in [1.54, 1.807) is 0 Å². The summed E-state index contributed by atoms with van der Waals surface area (Å²) in [5.41, 5.74) is 5.13. The minimum Gasteiger partial charge on any atom is -0.481 e. The van der Waals surface area contributed by atoms with E-state index in [0.717, 1.165) is 0 Å². The summed E-state index contributed by atoms with van der Waals surface area (Å²) in [6.45, 7) is 3.70. The lowest BCUT2D eigenvalue weighted by Gasteiger charge is -2.18. The standard InChI is InChI=1S/C9H18N2O3/c1-3-7(9(10)14)11-6(2)4-5-8(12)13/h6-7,11H,3-5H2,1-2H3,(H2,10,14)(H,12,13). The molecule has 0 bridgehead atoms. The Morgan fingerprint density at radius 3 is 2.43 bits per heavy atom. The van der Waals surface area contributed by atoms with E-state index in [1.807, 2.05) is 13.8 Å². The normalized spacial score (nSPS) is 14.7. The van der Waals surface area contributed by atoms with Gasteiger partial charge in [0.1, 0.15) is 0 Å². The van der Waals surface area contributed by atoms with Crippen molar-refractivity contribution in [2.24, 2.45) is 5.73 Å². The second kappa shape index (κ2) is 6.37. The Balaban J connectivity index is 3.84. The summed E-state index contributed by atoms with van der Waals surface area (Å²) in [6.07, 6.45) is 1.22. The third kappa shape index (κ3) is 5.53. The maximum atomic E-state index is 10.8. The number of rotatable bonds is 7. The molecule has 5 heteroatoms. The summed E-state index contributed by atoms with van der Waals surface area (Å²) in [4.78, 5) is 21.1. The number of hydrogen-bond acceptors (Lipinski definition) is 3. The van der Waals surface area contributed by atoms with Gasteiger partial charge in [-0.1, -0.05) is 6.92 Å². The quantitative estimate of drug-likeness (QED) is 0.545. The molecule has 0 aromatic heterocycles. The van der Waals surface area contributed by atoms with E-state index in [2.05, 4.69) is 5.32 Å². The molecule has 0 aromatic carbocycles. The first-order chi connectivity index (χ1) is 6.47. The number of carbonyl (C=O) groups excluding carboxylic acids is 1. The molecule has 0 aliphatic rings. The van der Waals surface area contributed by atoms with Gasteiger partial charge in [0.05, 0.1) is 6.04 Å². The average Bonchev–Trinajstić information content (AvgIpc) is 2.10. The number of nitrogens with one attached hydrogen (secondary N) is 1. The highest BCUT2D eigenvalue weighted by atomic mass is 16.4. The molecule has 0 aromatic rings. The van der Waals surface area contributed by atoms with Gasteiger partial charge in [-0.25, -0.2) is 0 Å². The molecule has 0 heterocycles. The van der Waals surface area contributed by atoms with Crippen LogP contribution in [-0.2, 0) is 9.59 Å². The van der Waals surface area contributed by atoms with Crippen molar-refractivity contribution in [2.75, 3.05) is 0 Å². The van der Waals surface area contributed by atoms with Crippen LogP contribution in [0.4, 0.5) is 0 Å². The van der Waals surface area contributed by atoms with Crippen LogP contribution in [0.2, 0.25) is 0 Å². The zero-order valence-electron chi connectivity index (χ0n) is 8.62.